The number of fused-ring (bicyclic) bond motifs is 1. The highest BCUT2D eigenvalue weighted by atomic mass is 16.5. The van der Waals surface area contributed by atoms with Crippen LogP contribution in [0.1, 0.15) is 60.2 Å². The number of nitrogens with zero attached hydrogens (tertiary/aromatic N) is 4. The summed E-state index contributed by atoms with van der Waals surface area (Å²) in [7, 11) is 0. The number of rotatable bonds is 5. The van der Waals surface area contributed by atoms with Crippen LogP contribution in [0.3, 0.4) is 0 Å². The zero-order valence-corrected chi connectivity index (χ0v) is 16.9. The quantitative estimate of drug-likeness (QED) is 0.868. The minimum Gasteiger partial charge on any atom is -0.332 e. The molecule has 3 heterocycles. The van der Waals surface area contributed by atoms with Crippen molar-refractivity contribution in [2.75, 3.05) is 0 Å². The Morgan fingerprint density at radius 3 is 2.15 bits per heavy atom. The maximum Gasteiger partial charge on any atom is 0.332 e. The lowest BCUT2D eigenvalue weighted by Gasteiger charge is -2.33. The van der Waals surface area contributed by atoms with Gasteiger partial charge in [-0.25, -0.2) is 9.78 Å². The monoisotopic (exact) mass is 374 g/mol. The maximum absolute atomic E-state index is 12.9. The molecule has 0 saturated carbocycles. The molecule has 8 heteroatoms. The van der Waals surface area contributed by atoms with E-state index in [0.29, 0.717) is 36.5 Å². The van der Waals surface area contributed by atoms with E-state index in [1.54, 1.807) is 4.57 Å². The third kappa shape index (κ3) is 2.87. The highest BCUT2D eigenvalue weighted by Crippen LogP contribution is 2.43. The number of hydroxylamine groups is 2. The van der Waals surface area contributed by atoms with E-state index < -0.39 is 11.1 Å². The van der Waals surface area contributed by atoms with E-state index in [4.69, 9.17) is 0 Å². The molecule has 0 amide bonds. The predicted octanol–water partition coefficient (Wildman–Crippen LogP) is 2.31. The van der Waals surface area contributed by atoms with Crippen LogP contribution in [0, 0.1) is 0 Å². The first-order chi connectivity index (χ1) is 12.6. The molecule has 147 valence electrons. The average Bonchev–Trinajstić information content (AvgIpc) is 3.10. The summed E-state index contributed by atoms with van der Waals surface area (Å²) < 4.78 is 2.81. The number of hydrogen-bond acceptors (Lipinski definition) is 4. The van der Waals surface area contributed by atoms with Crippen molar-refractivity contribution >= 4 is 16.7 Å². The Hall–Kier alpha value is -2.19. The van der Waals surface area contributed by atoms with Crippen molar-refractivity contribution < 1.29 is 5.21 Å². The fourth-order valence-corrected chi connectivity index (χ4v) is 3.92. The van der Waals surface area contributed by atoms with E-state index in [1.165, 1.54) is 4.57 Å². The lowest BCUT2D eigenvalue weighted by molar-refractivity contribution is -0.234. The van der Waals surface area contributed by atoms with Crippen LogP contribution in [0.25, 0.3) is 16.7 Å². The Morgan fingerprint density at radius 2 is 1.63 bits per heavy atom. The van der Waals surface area contributed by atoms with Gasteiger partial charge in [0.2, 0.25) is 0 Å². The van der Waals surface area contributed by atoms with Gasteiger partial charge in [0.1, 0.15) is 11.3 Å². The summed E-state index contributed by atoms with van der Waals surface area (Å²) >= 11 is 0. The SMILES string of the molecule is CCCn1c(=O)c2[nH]c(C3=CC(C)(C)N([O])C3(C)C)nc2n(CCC)c1=O. The Balaban J connectivity index is 2.30. The highest BCUT2D eigenvalue weighted by molar-refractivity contribution is 5.79. The van der Waals surface area contributed by atoms with Crippen LogP contribution in [0.2, 0.25) is 0 Å². The van der Waals surface area contributed by atoms with Crippen LogP contribution >= 0.6 is 0 Å². The normalized spacial score (nSPS) is 19.0. The third-order valence-electron chi connectivity index (χ3n) is 5.20. The number of hydrogen-bond donors (Lipinski definition) is 1. The molecule has 1 aliphatic rings. The molecule has 3 rings (SSSR count). The van der Waals surface area contributed by atoms with Crippen molar-refractivity contribution in [2.45, 2.75) is 78.6 Å². The molecule has 27 heavy (non-hydrogen) atoms. The summed E-state index contributed by atoms with van der Waals surface area (Å²) in [6, 6.07) is 0. The van der Waals surface area contributed by atoms with Gasteiger partial charge in [-0.05, 0) is 40.5 Å². The largest absolute Gasteiger partial charge is 0.332 e. The van der Waals surface area contributed by atoms with Crippen molar-refractivity contribution in [2.24, 2.45) is 0 Å². The fraction of sp³-hybridized carbons (Fsp3) is 0.632. The molecule has 0 saturated heterocycles. The van der Waals surface area contributed by atoms with Crippen LogP contribution in [0.5, 0.6) is 0 Å². The Bertz CT molecular complexity index is 1020. The van der Waals surface area contributed by atoms with E-state index in [0.717, 1.165) is 17.1 Å². The van der Waals surface area contributed by atoms with Crippen LogP contribution in [-0.2, 0) is 18.3 Å². The topological polar surface area (TPSA) is 95.8 Å². The van der Waals surface area contributed by atoms with Gasteiger partial charge in [-0.1, -0.05) is 19.9 Å². The summed E-state index contributed by atoms with van der Waals surface area (Å²) in [5.41, 5.74) is -0.773. The summed E-state index contributed by atoms with van der Waals surface area (Å²) in [6.45, 7) is 12.1. The van der Waals surface area contributed by atoms with Crippen LogP contribution < -0.4 is 11.2 Å². The maximum atomic E-state index is 12.9. The molecule has 1 aliphatic heterocycles. The molecule has 0 spiro atoms. The summed E-state index contributed by atoms with van der Waals surface area (Å²) in [6.07, 6.45) is 3.31. The number of aromatic amines is 1. The highest BCUT2D eigenvalue weighted by Gasteiger charge is 2.47. The summed E-state index contributed by atoms with van der Waals surface area (Å²) in [4.78, 5) is 33.4. The zero-order chi connectivity index (χ0) is 20.1. The van der Waals surface area contributed by atoms with E-state index in [1.807, 2.05) is 47.6 Å². The minimum atomic E-state index is -0.796. The second-order valence-corrected chi connectivity index (χ2v) is 8.24. The van der Waals surface area contributed by atoms with Gasteiger partial charge in [0.05, 0.1) is 11.1 Å². The van der Waals surface area contributed by atoms with Gasteiger partial charge in [0.15, 0.2) is 5.65 Å². The van der Waals surface area contributed by atoms with E-state index in [2.05, 4.69) is 9.97 Å². The Labute approximate surface area is 158 Å². The second kappa shape index (κ2) is 6.45. The predicted molar refractivity (Wildman–Crippen MR) is 104 cm³/mol. The number of aromatic nitrogens is 4. The second-order valence-electron chi connectivity index (χ2n) is 8.24. The van der Waals surface area contributed by atoms with Crippen LogP contribution in [-0.4, -0.2) is 35.2 Å². The Kier molecular flexibility index (Phi) is 4.68. The molecular weight excluding hydrogens is 346 g/mol. The lowest BCUT2D eigenvalue weighted by Crippen LogP contribution is -2.46. The molecule has 0 bridgehead atoms. The first-order valence-electron chi connectivity index (χ1n) is 9.50. The van der Waals surface area contributed by atoms with Gasteiger partial charge < -0.3 is 4.98 Å². The van der Waals surface area contributed by atoms with Gasteiger partial charge in [0, 0.05) is 18.7 Å². The molecule has 2 aromatic rings. The van der Waals surface area contributed by atoms with Crippen molar-refractivity contribution in [1.29, 1.82) is 0 Å². The average molecular weight is 374 g/mol. The number of imidazole rings is 1. The molecule has 8 nitrogen and oxygen atoms in total. The molecule has 0 fully saturated rings. The summed E-state index contributed by atoms with van der Waals surface area (Å²) in [5.74, 6) is 0.469. The van der Waals surface area contributed by atoms with E-state index in [9.17, 15) is 14.8 Å². The van der Waals surface area contributed by atoms with Gasteiger partial charge in [-0.15, -0.1) is 10.3 Å². The molecule has 1 radical (unpaired) electrons. The van der Waals surface area contributed by atoms with Crippen molar-refractivity contribution in [1.82, 2.24) is 24.2 Å². The smallest absolute Gasteiger partial charge is 0.332 e. The van der Waals surface area contributed by atoms with Crippen molar-refractivity contribution in [3.05, 3.63) is 32.7 Å². The lowest BCUT2D eigenvalue weighted by atomic mass is 9.96. The molecule has 0 unspecified atom stereocenters. The third-order valence-corrected chi connectivity index (χ3v) is 5.20. The first-order valence-corrected chi connectivity index (χ1v) is 9.50. The molecule has 2 aromatic heterocycles. The van der Waals surface area contributed by atoms with Crippen molar-refractivity contribution in [3.63, 3.8) is 0 Å². The van der Waals surface area contributed by atoms with Crippen molar-refractivity contribution in [3.8, 4) is 0 Å². The van der Waals surface area contributed by atoms with Gasteiger partial charge >= 0.3 is 5.69 Å². The minimum absolute atomic E-state index is 0.311. The van der Waals surface area contributed by atoms with Gasteiger partial charge in [0.25, 0.3) is 5.56 Å². The zero-order valence-electron chi connectivity index (χ0n) is 16.9. The van der Waals surface area contributed by atoms with Gasteiger partial charge in [-0.2, -0.15) is 0 Å². The standard InChI is InChI=1S/C19H28N5O3/c1-7-9-22-15-13(16(25)23(10-8-2)17(22)26)20-14(21-15)12-11-18(3,4)24(27)19(12,5)6/h11H,7-10H2,1-6H3,(H,20,21). The van der Waals surface area contributed by atoms with E-state index >= 15 is 0 Å². The number of aryl methyl sites for hydroxylation is 1. The Morgan fingerprint density at radius 1 is 1.04 bits per heavy atom. The number of nitrogens with one attached hydrogen (secondary N) is 1. The van der Waals surface area contributed by atoms with Gasteiger partial charge in [-0.3, -0.25) is 13.9 Å². The molecular formula is C19H28N5O3. The molecule has 1 N–H and O–H groups in total. The first kappa shape index (κ1) is 19.6. The van der Waals surface area contributed by atoms with Crippen LogP contribution in [0.4, 0.5) is 0 Å². The van der Waals surface area contributed by atoms with Crippen LogP contribution in [0.15, 0.2) is 15.7 Å². The number of H-pyrrole nitrogens is 1. The summed E-state index contributed by atoms with van der Waals surface area (Å²) in [5, 5.41) is 13.7. The van der Waals surface area contributed by atoms with E-state index in [-0.39, 0.29) is 11.2 Å². The molecule has 0 aliphatic carbocycles. The molecule has 0 atom stereocenters. The fourth-order valence-electron chi connectivity index (χ4n) is 3.92. The molecule has 0 aromatic carbocycles.